The summed E-state index contributed by atoms with van der Waals surface area (Å²) in [6.07, 6.45) is 41.0. The fourth-order valence-corrected chi connectivity index (χ4v) is 7.28. The number of ether oxygens (including phenoxy) is 3. The van der Waals surface area contributed by atoms with Gasteiger partial charge in [-0.1, -0.05) is 227 Å². The molecule has 0 saturated carbocycles. The molecule has 0 heterocycles. The largest absolute Gasteiger partial charge is 0.462 e. The summed E-state index contributed by atoms with van der Waals surface area (Å²) in [6.45, 7) is 11.3. The molecule has 6 heteroatoms. The van der Waals surface area contributed by atoms with E-state index in [4.69, 9.17) is 14.2 Å². The highest BCUT2D eigenvalue weighted by Crippen LogP contribution is 2.17. The Morgan fingerprint density at radius 3 is 0.891 bits per heavy atom. The lowest BCUT2D eigenvalue weighted by Crippen LogP contribution is -2.30. The molecular formula is C49H94O6. The Kier molecular flexibility index (Phi) is 40.8. The Morgan fingerprint density at radius 1 is 0.345 bits per heavy atom. The van der Waals surface area contributed by atoms with Crippen LogP contribution in [0, 0.1) is 11.8 Å². The van der Waals surface area contributed by atoms with Gasteiger partial charge in [0.15, 0.2) is 6.10 Å². The van der Waals surface area contributed by atoms with E-state index < -0.39 is 6.10 Å². The smallest absolute Gasteiger partial charge is 0.306 e. The molecule has 0 bridgehead atoms. The predicted octanol–water partition coefficient (Wildman–Crippen LogP) is 15.4. The van der Waals surface area contributed by atoms with Crippen LogP contribution in [0.5, 0.6) is 0 Å². The standard InChI is InChI=1S/C49H94O6/c1-6-7-8-9-10-11-12-17-21-24-31-36-41-49(52)55-46(43-54-48(51)40-35-30-26-25-28-33-38-45(4)5)42-53-47(50)39-34-29-23-20-18-15-13-14-16-19-22-27-32-37-44(2)3/h44-46H,6-43H2,1-5H3/t46-/m0/s1. The first-order chi connectivity index (χ1) is 26.7. The third-order valence-corrected chi connectivity index (χ3v) is 11.0. The van der Waals surface area contributed by atoms with Gasteiger partial charge in [-0.15, -0.1) is 0 Å². The van der Waals surface area contributed by atoms with Crippen molar-refractivity contribution in [1.82, 2.24) is 0 Å². The van der Waals surface area contributed by atoms with Crippen LogP contribution in [0.2, 0.25) is 0 Å². The number of esters is 3. The van der Waals surface area contributed by atoms with Crippen LogP contribution in [0.4, 0.5) is 0 Å². The van der Waals surface area contributed by atoms with Gasteiger partial charge in [0.2, 0.25) is 0 Å². The molecule has 0 aliphatic heterocycles. The van der Waals surface area contributed by atoms with Crippen LogP contribution in [0.1, 0.15) is 266 Å². The van der Waals surface area contributed by atoms with E-state index in [0.29, 0.717) is 19.3 Å². The van der Waals surface area contributed by atoms with Crippen molar-refractivity contribution in [2.75, 3.05) is 13.2 Å². The van der Waals surface area contributed by atoms with Gasteiger partial charge < -0.3 is 14.2 Å². The van der Waals surface area contributed by atoms with Gasteiger partial charge in [-0.3, -0.25) is 14.4 Å². The van der Waals surface area contributed by atoms with Crippen LogP contribution in [0.25, 0.3) is 0 Å². The minimum atomic E-state index is -0.761. The zero-order valence-electron chi connectivity index (χ0n) is 37.6. The quantitative estimate of drug-likeness (QED) is 0.0348. The number of carbonyl (C=O) groups is 3. The highest BCUT2D eigenvalue weighted by atomic mass is 16.6. The molecule has 326 valence electrons. The van der Waals surface area contributed by atoms with E-state index in [-0.39, 0.29) is 31.1 Å². The molecule has 0 N–H and O–H groups in total. The molecule has 0 aromatic heterocycles. The molecule has 0 saturated heterocycles. The lowest BCUT2D eigenvalue weighted by Gasteiger charge is -2.18. The maximum Gasteiger partial charge on any atom is 0.306 e. The van der Waals surface area contributed by atoms with Gasteiger partial charge in [-0.2, -0.15) is 0 Å². The molecule has 0 aromatic rings. The normalized spacial score (nSPS) is 12.1. The summed E-state index contributed by atoms with van der Waals surface area (Å²) in [7, 11) is 0. The number of hydrogen-bond acceptors (Lipinski definition) is 6. The summed E-state index contributed by atoms with van der Waals surface area (Å²) in [5, 5.41) is 0. The zero-order valence-corrected chi connectivity index (χ0v) is 37.6. The van der Waals surface area contributed by atoms with Crippen molar-refractivity contribution in [3.63, 3.8) is 0 Å². The van der Waals surface area contributed by atoms with E-state index in [2.05, 4.69) is 34.6 Å². The van der Waals surface area contributed by atoms with Crippen molar-refractivity contribution < 1.29 is 28.6 Å². The van der Waals surface area contributed by atoms with Crippen LogP contribution >= 0.6 is 0 Å². The van der Waals surface area contributed by atoms with Crippen LogP contribution in [0.15, 0.2) is 0 Å². The second kappa shape index (κ2) is 42.0. The Balaban J connectivity index is 4.27. The molecule has 1 atom stereocenters. The molecule has 6 nitrogen and oxygen atoms in total. The van der Waals surface area contributed by atoms with Gasteiger partial charge in [0.25, 0.3) is 0 Å². The first-order valence-electron chi connectivity index (χ1n) is 24.2. The Morgan fingerprint density at radius 2 is 0.600 bits per heavy atom. The van der Waals surface area contributed by atoms with Crippen molar-refractivity contribution in [3.8, 4) is 0 Å². The molecule has 0 fully saturated rings. The van der Waals surface area contributed by atoms with Gasteiger partial charge >= 0.3 is 17.9 Å². The fraction of sp³-hybridized carbons (Fsp3) is 0.939. The van der Waals surface area contributed by atoms with E-state index in [1.165, 1.54) is 154 Å². The van der Waals surface area contributed by atoms with Crippen LogP contribution in [0.3, 0.4) is 0 Å². The molecule has 0 aliphatic rings. The van der Waals surface area contributed by atoms with E-state index in [1.54, 1.807) is 0 Å². The fourth-order valence-electron chi connectivity index (χ4n) is 7.28. The Bertz CT molecular complexity index is 839. The lowest BCUT2D eigenvalue weighted by atomic mass is 10.0. The van der Waals surface area contributed by atoms with Gasteiger partial charge in [-0.25, -0.2) is 0 Å². The van der Waals surface area contributed by atoms with Gasteiger partial charge in [0, 0.05) is 19.3 Å². The van der Waals surface area contributed by atoms with Crippen molar-refractivity contribution in [1.29, 1.82) is 0 Å². The molecule has 0 aromatic carbocycles. The number of rotatable bonds is 43. The van der Waals surface area contributed by atoms with Crippen LogP contribution in [-0.4, -0.2) is 37.2 Å². The highest BCUT2D eigenvalue weighted by molar-refractivity contribution is 5.71. The van der Waals surface area contributed by atoms with Gasteiger partial charge in [0.05, 0.1) is 0 Å². The molecular weight excluding hydrogens is 685 g/mol. The first-order valence-corrected chi connectivity index (χ1v) is 24.2. The van der Waals surface area contributed by atoms with Gasteiger partial charge in [-0.05, 0) is 31.1 Å². The van der Waals surface area contributed by atoms with Crippen molar-refractivity contribution in [2.24, 2.45) is 11.8 Å². The van der Waals surface area contributed by atoms with E-state index in [1.807, 2.05) is 0 Å². The van der Waals surface area contributed by atoms with Crippen molar-refractivity contribution in [2.45, 2.75) is 272 Å². The minimum absolute atomic E-state index is 0.0649. The molecule has 0 rings (SSSR count). The van der Waals surface area contributed by atoms with Crippen molar-refractivity contribution in [3.05, 3.63) is 0 Å². The summed E-state index contributed by atoms with van der Waals surface area (Å²) in [5.74, 6) is 0.746. The maximum absolute atomic E-state index is 12.7. The lowest BCUT2D eigenvalue weighted by molar-refractivity contribution is -0.167. The Hall–Kier alpha value is -1.59. The number of hydrogen-bond donors (Lipinski definition) is 0. The highest BCUT2D eigenvalue weighted by Gasteiger charge is 2.19. The third-order valence-electron chi connectivity index (χ3n) is 11.0. The number of unbranched alkanes of at least 4 members (excludes halogenated alkanes) is 28. The predicted molar refractivity (Wildman–Crippen MR) is 233 cm³/mol. The average molecular weight is 779 g/mol. The average Bonchev–Trinajstić information content (AvgIpc) is 3.15. The summed E-state index contributed by atoms with van der Waals surface area (Å²) >= 11 is 0. The first kappa shape index (κ1) is 53.4. The van der Waals surface area contributed by atoms with E-state index in [0.717, 1.165) is 69.6 Å². The second-order valence-corrected chi connectivity index (χ2v) is 17.7. The molecule has 0 unspecified atom stereocenters. The summed E-state index contributed by atoms with van der Waals surface area (Å²) in [5.41, 5.74) is 0. The molecule has 0 amide bonds. The van der Waals surface area contributed by atoms with Gasteiger partial charge in [0.1, 0.15) is 13.2 Å². The minimum Gasteiger partial charge on any atom is -0.462 e. The van der Waals surface area contributed by atoms with E-state index >= 15 is 0 Å². The van der Waals surface area contributed by atoms with Crippen LogP contribution < -0.4 is 0 Å². The SMILES string of the molecule is CCCCCCCCCCCCCCC(=O)O[C@@H](COC(=O)CCCCCCCCCCCCCCCC(C)C)COC(=O)CCCCCCCCC(C)C. The summed E-state index contributed by atoms with van der Waals surface area (Å²) in [4.78, 5) is 37.7. The Labute approximate surface area is 342 Å². The topological polar surface area (TPSA) is 78.9 Å². The van der Waals surface area contributed by atoms with E-state index in [9.17, 15) is 14.4 Å². The maximum atomic E-state index is 12.7. The summed E-state index contributed by atoms with van der Waals surface area (Å²) < 4.78 is 16.7. The molecule has 55 heavy (non-hydrogen) atoms. The molecule has 0 spiro atoms. The van der Waals surface area contributed by atoms with Crippen molar-refractivity contribution >= 4 is 17.9 Å². The van der Waals surface area contributed by atoms with Crippen LogP contribution in [-0.2, 0) is 28.6 Å². The second-order valence-electron chi connectivity index (χ2n) is 17.7. The molecule has 0 radical (unpaired) electrons. The third kappa shape index (κ3) is 43.4. The number of carbonyl (C=O) groups excluding carboxylic acids is 3. The monoisotopic (exact) mass is 779 g/mol. The zero-order chi connectivity index (χ0) is 40.5. The summed E-state index contributed by atoms with van der Waals surface area (Å²) in [6, 6.07) is 0. The molecule has 0 aliphatic carbocycles.